The first-order chi connectivity index (χ1) is 8.97. The number of anilines is 1. The van der Waals surface area contributed by atoms with Crippen molar-refractivity contribution < 1.29 is 0 Å². The Kier molecular flexibility index (Phi) is 6.42. The molecule has 0 aliphatic rings. The number of hydrogen-bond donors (Lipinski definition) is 0. The number of allylic oxidation sites excluding steroid dienone is 1. The van der Waals surface area contributed by atoms with E-state index in [2.05, 4.69) is 42.1 Å². The Bertz CT molecular complexity index is 398. The van der Waals surface area contributed by atoms with Gasteiger partial charge >= 0.3 is 0 Å². The molecule has 0 bridgehead atoms. The van der Waals surface area contributed by atoms with Crippen LogP contribution in [0.2, 0.25) is 0 Å². The fourth-order valence-electron chi connectivity index (χ4n) is 1.90. The maximum absolute atomic E-state index is 4.34. The summed E-state index contributed by atoms with van der Waals surface area (Å²) < 4.78 is 2.20. The lowest BCUT2D eigenvalue weighted by Gasteiger charge is -2.19. The fraction of sp³-hybridized carbons (Fsp3) is 0.714. The Hall–Kier alpha value is -0.970. The van der Waals surface area contributed by atoms with Gasteiger partial charge in [0, 0.05) is 25.4 Å². The first-order valence-corrected chi connectivity index (χ1v) is 7.75. The molecular formula is C14H26N4S. The van der Waals surface area contributed by atoms with Crippen molar-refractivity contribution in [2.75, 3.05) is 19.0 Å². The minimum absolute atomic E-state index is 0.371. The quantitative estimate of drug-likeness (QED) is 0.413. The average molecular weight is 282 g/mol. The molecule has 0 N–H and O–H groups in total. The molecule has 0 saturated heterocycles. The van der Waals surface area contributed by atoms with Crippen molar-refractivity contribution in [2.24, 2.45) is 0 Å². The van der Waals surface area contributed by atoms with Crippen molar-refractivity contribution >= 4 is 17.7 Å². The minimum Gasteiger partial charge on any atom is -0.347 e. The van der Waals surface area contributed by atoms with E-state index in [0.717, 1.165) is 17.5 Å². The number of hydrogen-bond acceptors (Lipinski definition) is 4. The molecule has 1 atom stereocenters. The molecule has 0 radical (unpaired) electrons. The van der Waals surface area contributed by atoms with Crippen molar-refractivity contribution in [1.82, 2.24) is 14.8 Å². The molecule has 1 heterocycles. The normalized spacial score (nSPS) is 12.7. The van der Waals surface area contributed by atoms with E-state index in [0.29, 0.717) is 11.3 Å². The van der Waals surface area contributed by atoms with E-state index in [9.17, 15) is 0 Å². The topological polar surface area (TPSA) is 34.0 Å². The summed E-state index contributed by atoms with van der Waals surface area (Å²) in [5, 5.41) is 10.2. The van der Waals surface area contributed by atoms with Crippen LogP contribution in [0.1, 0.15) is 46.1 Å². The first kappa shape index (κ1) is 16.1. The van der Waals surface area contributed by atoms with Crippen molar-refractivity contribution in [3.05, 3.63) is 12.7 Å². The number of aromatic nitrogens is 3. The standard InChI is InChI=1S/C14H26N4S/c1-7-8-9-10-12(4)19-14-16-15-13(17(5)6)18(14)11(2)3/h7,11-12H,1,8-10H2,2-6H3/t12-/m0/s1. The van der Waals surface area contributed by atoms with E-state index in [4.69, 9.17) is 0 Å². The second-order valence-electron chi connectivity index (χ2n) is 5.29. The van der Waals surface area contributed by atoms with Gasteiger partial charge in [-0.1, -0.05) is 24.8 Å². The molecule has 0 aliphatic heterocycles. The van der Waals surface area contributed by atoms with Gasteiger partial charge in [0.25, 0.3) is 0 Å². The number of unbranched alkanes of at least 4 members (excludes halogenated alkanes) is 1. The van der Waals surface area contributed by atoms with E-state index < -0.39 is 0 Å². The highest BCUT2D eigenvalue weighted by molar-refractivity contribution is 7.99. The first-order valence-electron chi connectivity index (χ1n) is 6.87. The van der Waals surface area contributed by atoms with Crippen LogP contribution in [0.3, 0.4) is 0 Å². The van der Waals surface area contributed by atoms with Crippen LogP contribution in [0.5, 0.6) is 0 Å². The monoisotopic (exact) mass is 282 g/mol. The predicted molar refractivity (Wildman–Crippen MR) is 84.1 cm³/mol. The van der Waals surface area contributed by atoms with E-state index in [1.807, 2.05) is 36.8 Å². The molecule has 1 aromatic heterocycles. The Labute approximate surface area is 121 Å². The summed E-state index contributed by atoms with van der Waals surface area (Å²) in [5.41, 5.74) is 0. The number of rotatable bonds is 8. The summed E-state index contributed by atoms with van der Waals surface area (Å²) in [6.07, 6.45) is 5.44. The summed E-state index contributed by atoms with van der Waals surface area (Å²) in [6, 6.07) is 0.371. The van der Waals surface area contributed by atoms with Crippen molar-refractivity contribution in [1.29, 1.82) is 0 Å². The lowest BCUT2D eigenvalue weighted by atomic mass is 10.2. The zero-order valence-corrected chi connectivity index (χ0v) is 13.6. The largest absolute Gasteiger partial charge is 0.347 e. The second kappa shape index (κ2) is 7.58. The van der Waals surface area contributed by atoms with Gasteiger partial charge in [0.1, 0.15) is 0 Å². The summed E-state index contributed by atoms with van der Waals surface area (Å²) in [5.74, 6) is 0.927. The Morgan fingerprint density at radius 2 is 2.00 bits per heavy atom. The third-order valence-electron chi connectivity index (χ3n) is 2.89. The Balaban J connectivity index is 2.75. The highest BCUT2D eigenvalue weighted by Gasteiger charge is 2.18. The molecule has 1 rings (SSSR count). The molecule has 1 aromatic rings. The maximum atomic E-state index is 4.34. The zero-order chi connectivity index (χ0) is 14.4. The molecule has 0 fully saturated rings. The summed E-state index contributed by atoms with van der Waals surface area (Å²) >= 11 is 1.82. The van der Waals surface area contributed by atoms with Gasteiger partial charge in [0.05, 0.1) is 0 Å². The van der Waals surface area contributed by atoms with E-state index in [1.54, 1.807) is 0 Å². The molecule has 0 unspecified atom stereocenters. The molecule has 5 heteroatoms. The molecule has 0 aliphatic carbocycles. The van der Waals surface area contributed by atoms with Gasteiger partial charge in [-0.15, -0.1) is 16.8 Å². The molecule has 0 amide bonds. The highest BCUT2D eigenvalue weighted by atomic mass is 32.2. The lowest BCUT2D eigenvalue weighted by Crippen LogP contribution is -2.17. The second-order valence-corrected chi connectivity index (χ2v) is 6.69. The number of nitrogens with zero attached hydrogens (tertiary/aromatic N) is 4. The average Bonchev–Trinajstić information content (AvgIpc) is 2.73. The van der Waals surface area contributed by atoms with Crippen molar-refractivity contribution in [2.45, 2.75) is 56.5 Å². The molecule has 0 aromatic carbocycles. The summed E-state index contributed by atoms with van der Waals surface area (Å²) in [4.78, 5) is 2.01. The van der Waals surface area contributed by atoms with E-state index >= 15 is 0 Å². The van der Waals surface area contributed by atoms with Gasteiger partial charge < -0.3 is 4.90 Å². The van der Waals surface area contributed by atoms with Crippen LogP contribution in [-0.4, -0.2) is 34.1 Å². The summed E-state index contributed by atoms with van der Waals surface area (Å²) in [6.45, 7) is 10.4. The molecule has 0 spiro atoms. The van der Waals surface area contributed by atoms with Crippen LogP contribution in [0.15, 0.2) is 17.8 Å². The third kappa shape index (κ3) is 4.56. The third-order valence-corrected chi connectivity index (χ3v) is 4.02. The fourth-order valence-corrected chi connectivity index (χ4v) is 3.03. The molecular weight excluding hydrogens is 256 g/mol. The van der Waals surface area contributed by atoms with Gasteiger partial charge in [-0.25, -0.2) is 0 Å². The van der Waals surface area contributed by atoms with Crippen LogP contribution in [0, 0.1) is 0 Å². The van der Waals surface area contributed by atoms with Crippen molar-refractivity contribution in [3.8, 4) is 0 Å². The minimum atomic E-state index is 0.371. The smallest absolute Gasteiger partial charge is 0.227 e. The number of thioether (sulfide) groups is 1. The predicted octanol–water partition coefficient (Wildman–Crippen LogP) is 3.76. The van der Waals surface area contributed by atoms with Gasteiger partial charge in [-0.2, -0.15) is 0 Å². The molecule has 0 saturated carbocycles. The van der Waals surface area contributed by atoms with E-state index in [-0.39, 0.29) is 0 Å². The molecule has 4 nitrogen and oxygen atoms in total. The van der Waals surface area contributed by atoms with E-state index in [1.165, 1.54) is 12.8 Å². The molecule has 108 valence electrons. The van der Waals surface area contributed by atoms with Crippen molar-refractivity contribution in [3.63, 3.8) is 0 Å². The van der Waals surface area contributed by atoms with Crippen LogP contribution < -0.4 is 4.90 Å². The van der Waals surface area contributed by atoms with Crippen LogP contribution in [0.25, 0.3) is 0 Å². The highest BCUT2D eigenvalue weighted by Crippen LogP contribution is 2.30. The SMILES string of the molecule is C=CCCC[C@H](C)Sc1nnc(N(C)C)n1C(C)C. The van der Waals surface area contributed by atoms with Crippen LogP contribution in [0.4, 0.5) is 5.95 Å². The Morgan fingerprint density at radius 3 is 2.53 bits per heavy atom. The summed E-state index contributed by atoms with van der Waals surface area (Å²) in [7, 11) is 4.01. The maximum Gasteiger partial charge on any atom is 0.227 e. The Morgan fingerprint density at radius 1 is 1.32 bits per heavy atom. The molecule has 19 heavy (non-hydrogen) atoms. The van der Waals surface area contributed by atoms with Gasteiger partial charge in [-0.05, 0) is 33.1 Å². The zero-order valence-electron chi connectivity index (χ0n) is 12.8. The van der Waals surface area contributed by atoms with Gasteiger partial charge in [0.2, 0.25) is 5.95 Å². The van der Waals surface area contributed by atoms with Crippen LogP contribution >= 0.6 is 11.8 Å². The van der Waals surface area contributed by atoms with Crippen LogP contribution in [-0.2, 0) is 0 Å². The van der Waals surface area contributed by atoms with Gasteiger partial charge in [0.15, 0.2) is 5.16 Å². The lowest BCUT2D eigenvalue weighted by molar-refractivity contribution is 0.548. The van der Waals surface area contributed by atoms with Gasteiger partial charge in [-0.3, -0.25) is 4.57 Å².